The fourth-order valence-corrected chi connectivity index (χ4v) is 1.90. The van der Waals surface area contributed by atoms with Crippen molar-refractivity contribution in [1.82, 2.24) is 9.55 Å². The second-order valence-electron chi connectivity index (χ2n) is 4.03. The monoisotopic (exact) mass is 265 g/mol. The van der Waals surface area contributed by atoms with Crippen LogP contribution >= 0.6 is 0 Å². The van der Waals surface area contributed by atoms with Gasteiger partial charge in [-0.3, -0.25) is 9.36 Å². The number of carboxylic acid groups (broad SMARTS) is 2. The second kappa shape index (κ2) is 4.48. The number of nitrogens with one attached hydrogen (secondary N) is 1. The lowest BCUT2D eigenvalue weighted by molar-refractivity contribution is -0.147. The summed E-state index contributed by atoms with van der Waals surface area (Å²) in [4.78, 5) is 36.1. The molecular weight excluding hydrogens is 254 g/mol. The van der Waals surface area contributed by atoms with Gasteiger partial charge in [-0.2, -0.15) is 0 Å². The third kappa shape index (κ3) is 2.28. The molecule has 1 aromatic carbocycles. The minimum absolute atomic E-state index is 0.263. The molecule has 0 aliphatic carbocycles. The molecule has 1 unspecified atom stereocenters. The van der Waals surface area contributed by atoms with Gasteiger partial charge in [0.25, 0.3) is 0 Å². The van der Waals surface area contributed by atoms with E-state index >= 15 is 0 Å². The highest BCUT2D eigenvalue weighted by Gasteiger charge is 2.26. The number of benzene rings is 1. The highest BCUT2D eigenvalue weighted by molar-refractivity contribution is 5.84. The van der Waals surface area contributed by atoms with Crippen LogP contribution in [0.2, 0.25) is 0 Å². The number of carboxylic acids is 2. The fraction of sp³-hybridized carbons (Fsp3) is 0.182. The Morgan fingerprint density at radius 2 is 2.05 bits per heavy atom. The predicted molar refractivity (Wildman–Crippen MR) is 65.9 cm³/mol. The molecule has 0 radical (unpaired) electrons. The van der Waals surface area contributed by atoms with Crippen molar-refractivity contribution < 1.29 is 19.8 Å². The van der Waals surface area contributed by atoms with Crippen molar-refractivity contribution in [2.24, 2.45) is 0 Å². The van der Waals surface area contributed by atoms with Crippen molar-refractivity contribution >= 4 is 28.7 Å². The lowest BCUT2D eigenvalue weighted by Gasteiger charge is -2.11. The smallest absolute Gasteiger partial charge is 0.327 e. The van der Waals surface area contributed by atoms with Crippen molar-refractivity contribution in [2.75, 3.05) is 5.73 Å². The molecule has 0 aliphatic rings. The molecule has 8 heteroatoms. The molecule has 8 nitrogen and oxygen atoms in total. The summed E-state index contributed by atoms with van der Waals surface area (Å²) >= 11 is 0. The van der Waals surface area contributed by atoms with Gasteiger partial charge in [0.2, 0.25) is 0 Å². The average molecular weight is 265 g/mol. The van der Waals surface area contributed by atoms with Crippen LogP contribution in [0.15, 0.2) is 23.0 Å². The Morgan fingerprint density at radius 1 is 1.37 bits per heavy atom. The van der Waals surface area contributed by atoms with Crippen LogP contribution in [0.1, 0.15) is 12.5 Å². The maximum Gasteiger partial charge on any atom is 0.327 e. The molecule has 1 heterocycles. The third-order valence-corrected chi connectivity index (χ3v) is 2.71. The number of aromatic nitrogens is 2. The summed E-state index contributed by atoms with van der Waals surface area (Å²) in [7, 11) is 0. The largest absolute Gasteiger partial charge is 0.481 e. The number of fused-ring (bicyclic) bond motifs is 1. The summed E-state index contributed by atoms with van der Waals surface area (Å²) in [6.07, 6.45) is -0.697. The summed E-state index contributed by atoms with van der Waals surface area (Å²) in [6, 6.07) is 3.02. The Hall–Kier alpha value is -2.77. The van der Waals surface area contributed by atoms with Gasteiger partial charge >= 0.3 is 17.6 Å². The molecule has 0 saturated carbocycles. The molecule has 100 valence electrons. The van der Waals surface area contributed by atoms with Crippen molar-refractivity contribution in [1.29, 1.82) is 0 Å². The molecule has 2 rings (SSSR count). The molecule has 0 bridgehead atoms. The summed E-state index contributed by atoms with van der Waals surface area (Å²) in [5, 5.41) is 17.8. The highest BCUT2D eigenvalue weighted by Crippen LogP contribution is 2.20. The standard InChI is InChI=1S/C11H11N3O5/c12-5-1-2-6-7(3-5)14(11(19)13-6)8(10(17)18)4-9(15)16/h1-3,8H,4,12H2,(H,13,19)(H,15,16)(H,17,18). The van der Waals surface area contributed by atoms with Gasteiger partial charge in [-0.25, -0.2) is 9.59 Å². The quantitative estimate of drug-likeness (QED) is 0.574. The minimum atomic E-state index is -1.49. The number of carbonyl (C=O) groups is 2. The van der Waals surface area contributed by atoms with Crippen molar-refractivity contribution in [2.45, 2.75) is 12.5 Å². The van der Waals surface area contributed by atoms with E-state index in [-0.39, 0.29) is 5.52 Å². The van der Waals surface area contributed by atoms with Crippen LogP contribution < -0.4 is 11.4 Å². The molecule has 0 spiro atoms. The zero-order valence-electron chi connectivity index (χ0n) is 9.66. The third-order valence-electron chi connectivity index (χ3n) is 2.71. The Labute approximate surface area is 106 Å². The first-order chi connectivity index (χ1) is 8.90. The van der Waals surface area contributed by atoms with Crippen LogP contribution in [0.3, 0.4) is 0 Å². The van der Waals surface area contributed by atoms with Crippen molar-refractivity contribution in [3.8, 4) is 0 Å². The SMILES string of the molecule is Nc1ccc2[nH]c(=O)n(C(CC(=O)O)C(=O)O)c2c1. The minimum Gasteiger partial charge on any atom is -0.481 e. The number of hydrogen-bond donors (Lipinski definition) is 4. The van der Waals surface area contributed by atoms with E-state index in [4.69, 9.17) is 15.9 Å². The Morgan fingerprint density at radius 3 is 2.63 bits per heavy atom. The molecule has 0 aliphatic heterocycles. The van der Waals surface area contributed by atoms with Gasteiger partial charge in [-0.1, -0.05) is 0 Å². The maximum atomic E-state index is 11.8. The predicted octanol–water partition coefficient (Wildman–Crippen LogP) is 0.0122. The number of hydrogen-bond acceptors (Lipinski definition) is 4. The van der Waals surface area contributed by atoms with E-state index in [1.165, 1.54) is 12.1 Å². The lowest BCUT2D eigenvalue weighted by Crippen LogP contribution is -2.29. The molecule has 1 aromatic heterocycles. The molecule has 0 amide bonds. The first kappa shape index (κ1) is 12.7. The van der Waals surface area contributed by atoms with Crippen LogP contribution in [0.4, 0.5) is 5.69 Å². The Balaban J connectivity index is 2.68. The van der Waals surface area contributed by atoms with Gasteiger partial charge in [0.15, 0.2) is 0 Å². The van der Waals surface area contributed by atoms with Gasteiger partial charge < -0.3 is 20.9 Å². The van der Waals surface area contributed by atoms with Crippen LogP contribution in [-0.4, -0.2) is 31.7 Å². The summed E-state index contributed by atoms with van der Waals surface area (Å²) < 4.78 is 0.891. The fourth-order valence-electron chi connectivity index (χ4n) is 1.90. The number of nitrogens with two attached hydrogens (primary N) is 1. The first-order valence-corrected chi connectivity index (χ1v) is 5.34. The van der Waals surface area contributed by atoms with E-state index in [0.29, 0.717) is 11.2 Å². The van der Waals surface area contributed by atoms with Gasteiger partial charge in [0.1, 0.15) is 6.04 Å². The van der Waals surface area contributed by atoms with Crippen molar-refractivity contribution in [3.05, 3.63) is 28.7 Å². The molecule has 0 fully saturated rings. The summed E-state index contributed by atoms with van der Waals surface area (Å²) in [6.45, 7) is 0. The van der Waals surface area contributed by atoms with Gasteiger partial charge in [0.05, 0.1) is 17.5 Å². The molecule has 1 atom stereocenters. The molecule has 19 heavy (non-hydrogen) atoms. The van der Waals surface area contributed by atoms with E-state index in [1.54, 1.807) is 6.07 Å². The molecule has 0 saturated heterocycles. The number of aromatic amines is 1. The molecular formula is C11H11N3O5. The topological polar surface area (TPSA) is 138 Å². The number of imidazole rings is 1. The number of rotatable bonds is 4. The van der Waals surface area contributed by atoms with E-state index < -0.39 is 30.1 Å². The number of H-pyrrole nitrogens is 1. The van der Waals surface area contributed by atoms with Crippen LogP contribution in [0, 0.1) is 0 Å². The number of nitrogen functional groups attached to an aromatic ring is 1. The van der Waals surface area contributed by atoms with E-state index in [1.807, 2.05) is 0 Å². The van der Waals surface area contributed by atoms with E-state index in [2.05, 4.69) is 4.98 Å². The Bertz CT molecular complexity index is 715. The maximum absolute atomic E-state index is 11.8. The highest BCUT2D eigenvalue weighted by atomic mass is 16.4. The molecule has 2 aromatic rings. The molecule has 5 N–H and O–H groups in total. The number of anilines is 1. The van der Waals surface area contributed by atoms with E-state index in [9.17, 15) is 14.4 Å². The van der Waals surface area contributed by atoms with Crippen molar-refractivity contribution in [3.63, 3.8) is 0 Å². The Kier molecular flexibility index (Phi) is 2.99. The van der Waals surface area contributed by atoms with Crippen LogP contribution in [0.25, 0.3) is 11.0 Å². The van der Waals surface area contributed by atoms with Crippen LogP contribution in [0.5, 0.6) is 0 Å². The number of aliphatic carboxylic acids is 2. The lowest BCUT2D eigenvalue weighted by atomic mass is 10.2. The first-order valence-electron chi connectivity index (χ1n) is 5.34. The normalized spacial score (nSPS) is 12.4. The summed E-state index contributed by atoms with van der Waals surface area (Å²) in [5.74, 6) is -2.70. The van der Waals surface area contributed by atoms with E-state index in [0.717, 1.165) is 4.57 Å². The van der Waals surface area contributed by atoms with Gasteiger partial charge in [-0.15, -0.1) is 0 Å². The van der Waals surface area contributed by atoms with Gasteiger partial charge in [0, 0.05) is 5.69 Å². The van der Waals surface area contributed by atoms with Gasteiger partial charge in [-0.05, 0) is 18.2 Å². The zero-order valence-corrected chi connectivity index (χ0v) is 9.66. The average Bonchev–Trinajstić information content (AvgIpc) is 2.61. The number of nitrogens with zero attached hydrogens (tertiary/aromatic N) is 1. The summed E-state index contributed by atoms with van der Waals surface area (Å²) in [5.41, 5.74) is 5.91. The second-order valence-corrected chi connectivity index (χ2v) is 4.03. The zero-order chi connectivity index (χ0) is 14.2. The van der Waals surface area contributed by atoms with Crippen LogP contribution in [-0.2, 0) is 9.59 Å².